The van der Waals surface area contributed by atoms with E-state index in [1.807, 2.05) is 36.6 Å². The summed E-state index contributed by atoms with van der Waals surface area (Å²) < 4.78 is 6.75. The van der Waals surface area contributed by atoms with E-state index < -0.39 is 0 Å². The highest BCUT2D eigenvalue weighted by molar-refractivity contribution is 7.98. The molecule has 0 atom stereocenters. The van der Waals surface area contributed by atoms with Crippen molar-refractivity contribution in [2.45, 2.75) is 31.3 Å². The number of thioether (sulfide) groups is 1. The third-order valence-corrected chi connectivity index (χ3v) is 6.54. The fourth-order valence-corrected chi connectivity index (χ4v) is 4.70. The number of methoxy groups -OCH3 is 1. The average molecular weight is 401 g/mol. The van der Waals surface area contributed by atoms with Crippen LogP contribution in [0.2, 0.25) is 0 Å². The van der Waals surface area contributed by atoms with Crippen LogP contribution < -0.4 is 5.43 Å². The first-order valence-corrected chi connectivity index (χ1v) is 10.2. The van der Waals surface area contributed by atoms with Gasteiger partial charge < -0.3 is 9.30 Å². The summed E-state index contributed by atoms with van der Waals surface area (Å²) in [6.07, 6.45) is 1.81. The third kappa shape index (κ3) is 3.84. The summed E-state index contributed by atoms with van der Waals surface area (Å²) >= 11 is 3.15. The number of aryl methyl sites for hydroxylation is 1. The van der Waals surface area contributed by atoms with Gasteiger partial charge in [-0.15, -0.1) is 17.9 Å². The van der Waals surface area contributed by atoms with Crippen LogP contribution in [-0.4, -0.2) is 22.6 Å². The molecule has 0 radical (unpaired) electrons. The van der Waals surface area contributed by atoms with E-state index in [-0.39, 0.29) is 11.4 Å². The van der Waals surface area contributed by atoms with Crippen LogP contribution in [0.25, 0.3) is 10.3 Å². The number of aromatic nitrogens is 2. The molecule has 140 valence electrons. The molecule has 0 saturated carbocycles. The van der Waals surface area contributed by atoms with Gasteiger partial charge in [-0.1, -0.05) is 30.0 Å². The predicted molar refractivity (Wildman–Crippen MR) is 111 cm³/mol. The van der Waals surface area contributed by atoms with Crippen LogP contribution in [0.4, 0.5) is 0 Å². The average Bonchev–Trinajstić information content (AvgIpc) is 3.02. The minimum Gasteiger partial charge on any atom is -0.465 e. The molecule has 0 aliphatic heterocycles. The van der Waals surface area contributed by atoms with Crippen LogP contribution in [-0.2, 0) is 17.0 Å². The normalized spacial score (nSPS) is 10.9. The summed E-state index contributed by atoms with van der Waals surface area (Å²) in [7, 11) is 1.37. The van der Waals surface area contributed by atoms with Crippen molar-refractivity contribution in [2.75, 3.05) is 7.11 Å². The van der Waals surface area contributed by atoms with Crippen LogP contribution in [0.1, 0.15) is 26.4 Å². The molecular formula is C20H20N2O3S2. The molecule has 0 amide bonds. The lowest BCUT2D eigenvalue weighted by atomic mass is 10.1. The Morgan fingerprint density at radius 1 is 1.33 bits per heavy atom. The van der Waals surface area contributed by atoms with Crippen molar-refractivity contribution in [1.82, 2.24) is 9.55 Å². The smallest absolute Gasteiger partial charge is 0.337 e. The maximum Gasteiger partial charge on any atom is 0.337 e. The standard InChI is InChI=1S/C20H20N2O3S2/c1-5-10-22-18-16(17(23)12(2)13(3)27-18)21-20(22)26-11-14-6-8-15(9-7-14)19(24)25-4/h5-9H,1,10-11H2,2-4H3. The molecule has 5 nitrogen and oxygen atoms in total. The molecule has 0 unspecified atom stereocenters. The number of hydrogen-bond donors (Lipinski definition) is 0. The SMILES string of the molecule is C=CCn1c(SCc2ccc(C(=O)OC)cc2)nc2c(=O)c(C)c(C)sc21. The molecule has 2 heterocycles. The number of benzene rings is 1. The lowest BCUT2D eigenvalue weighted by Gasteiger charge is -2.07. The highest BCUT2D eigenvalue weighted by Gasteiger charge is 2.16. The van der Waals surface area contributed by atoms with Crippen LogP contribution in [0.5, 0.6) is 0 Å². The van der Waals surface area contributed by atoms with Gasteiger partial charge >= 0.3 is 5.97 Å². The molecular weight excluding hydrogens is 380 g/mol. The topological polar surface area (TPSA) is 61.2 Å². The molecule has 3 rings (SSSR count). The zero-order valence-corrected chi connectivity index (χ0v) is 17.1. The molecule has 0 fully saturated rings. The number of carbonyl (C=O) groups excluding carboxylic acids is 1. The van der Waals surface area contributed by atoms with Crippen LogP contribution in [0.3, 0.4) is 0 Å². The van der Waals surface area contributed by atoms with E-state index in [9.17, 15) is 9.59 Å². The summed E-state index contributed by atoms with van der Waals surface area (Å²) in [5.74, 6) is 0.329. The van der Waals surface area contributed by atoms with Gasteiger partial charge in [0.05, 0.1) is 12.7 Å². The molecule has 1 aromatic carbocycles. The monoisotopic (exact) mass is 400 g/mol. The summed E-state index contributed by atoms with van der Waals surface area (Å²) in [6, 6.07) is 7.30. The highest BCUT2D eigenvalue weighted by Crippen LogP contribution is 2.29. The van der Waals surface area contributed by atoms with Crippen molar-refractivity contribution in [3.05, 3.63) is 68.7 Å². The van der Waals surface area contributed by atoms with E-state index in [4.69, 9.17) is 4.74 Å². The van der Waals surface area contributed by atoms with Gasteiger partial charge in [0, 0.05) is 22.7 Å². The number of ether oxygens (including phenoxy) is 1. The lowest BCUT2D eigenvalue weighted by molar-refractivity contribution is 0.0600. The summed E-state index contributed by atoms with van der Waals surface area (Å²) in [4.78, 5) is 30.6. The van der Waals surface area contributed by atoms with Gasteiger partial charge in [0.15, 0.2) is 5.16 Å². The van der Waals surface area contributed by atoms with Crippen molar-refractivity contribution in [3.8, 4) is 0 Å². The molecule has 0 aliphatic carbocycles. The van der Waals surface area contributed by atoms with Crippen LogP contribution in [0.15, 0.2) is 46.9 Å². The molecule has 0 spiro atoms. The van der Waals surface area contributed by atoms with Crippen LogP contribution >= 0.6 is 23.1 Å². The minimum atomic E-state index is -0.350. The lowest BCUT2D eigenvalue weighted by Crippen LogP contribution is -2.06. The van der Waals surface area contributed by atoms with Crippen molar-refractivity contribution >= 4 is 39.4 Å². The Balaban J connectivity index is 1.91. The van der Waals surface area contributed by atoms with E-state index in [1.165, 1.54) is 7.11 Å². The fraction of sp³-hybridized carbons (Fsp3) is 0.250. The maximum absolute atomic E-state index is 12.6. The Morgan fingerprint density at radius 2 is 2.04 bits per heavy atom. The number of imidazole rings is 1. The minimum absolute atomic E-state index is 0.00616. The van der Waals surface area contributed by atoms with Crippen molar-refractivity contribution < 1.29 is 9.53 Å². The predicted octanol–water partition coefficient (Wildman–Crippen LogP) is 4.34. The van der Waals surface area contributed by atoms with Gasteiger partial charge in [0.1, 0.15) is 10.3 Å². The third-order valence-electron chi connectivity index (χ3n) is 4.27. The van der Waals surface area contributed by atoms with Crippen molar-refractivity contribution in [3.63, 3.8) is 0 Å². The maximum atomic E-state index is 12.6. The molecule has 0 bridgehead atoms. The Morgan fingerprint density at radius 3 is 2.67 bits per heavy atom. The van der Waals surface area contributed by atoms with E-state index in [1.54, 1.807) is 35.2 Å². The van der Waals surface area contributed by atoms with Gasteiger partial charge in [-0.3, -0.25) is 4.79 Å². The molecule has 7 heteroatoms. The number of allylic oxidation sites excluding steroid dienone is 1. The van der Waals surface area contributed by atoms with Crippen molar-refractivity contribution in [2.24, 2.45) is 0 Å². The number of fused-ring (bicyclic) bond motifs is 1. The molecule has 3 aromatic rings. The van der Waals surface area contributed by atoms with E-state index in [2.05, 4.69) is 11.6 Å². The Labute approximate surface area is 165 Å². The van der Waals surface area contributed by atoms with Gasteiger partial charge in [-0.25, -0.2) is 9.78 Å². The van der Waals surface area contributed by atoms with Crippen molar-refractivity contribution in [1.29, 1.82) is 0 Å². The van der Waals surface area contributed by atoms with Gasteiger partial charge in [-0.2, -0.15) is 0 Å². The van der Waals surface area contributed by atoms with Gasteiger partial charge in [0.25, 0.3) is 0 Å². The second-order valence-corrected chi connectivity index (χ2v) is 8.18. The van der Waals surface area contributed by atoms with Gasteiger partial charge in [0.2, 0.25) is 5.43 Å². The zero-order chi connectivity index (χ0) is 19.6. The quantitative estimate of drug-likeness (QED) is 0.350. The number of rotatable bonds is 6. The molecule has 2 aromatic heterocycles. The van der Waals surface area contributed by atoms with E-state index in [0.29, 0.717) is 23.4 Å². The van der Waals surface area contributed by atoms with E-state index >= 15 is 0 Å². The first kappa shape index (κ1) is 19.4. The molecule has 27 heavy (non-hydrogen) atoms. The first-order valence-electron chi connectivity index (χ1n) is 8.37. The number of carbonyl (C=O) groups is 1. The zero-order valence-electron chi connectivity index (χ0n) is 15.4. The summed E-state index contributed by atoms with van der Waals surface area (Å²) in [5, 5.41) is 0.792. The Hall–Kier alpha value is -2.38. The number of nitrogens with zero attached hydrogens (tertiary/aromatic N) is 2. The molecule has 0 N–H and O–H groups in total. The van der Waals surface area contributed by atoms with Crippen LogP contribution in [0, 0.1) is 13.8 Å². The summed E-state index contributed by atoms with van der Waals surface area (Å²) in [5.41, 5.74) is 2.85. The summed E-state index contributed by atoms with van der Waals surface area (Å²) in [6.45, 7) is 8.22. The second kappa shape index (κ2) is 8.10. The highest BCUT2D eigenvalue weighted by atomic mass is 32.2. The molecule has 0 saturated heterocycles. The number of esters is 1. The first-order chi connectivity index (χ1) is 13.0. The Bertz CT molecular complexity index is 1070. The second-order valence-electron chi connectivity index (χ2n) is 6.04. The Kier molecular flexibility index (Phi) is 5.82. The fourth-order valence-electron chi connectivity index (χ4n) is 2.63. The van der Waals surface area contributed by atoms with E-state index in [0.717, 1.165) is 26.0 Å². The largest absolute Gasteiger partial charge is 0.465 e. The number of hydrogen-bond acceptors (Lipinski definition) is 6. The molecule has 0 aliphatic rings. The van der Waals surface area contributed by atoms with Gasteiger partial charge in [-0.05, 0) is 31.5 Å².